The Kier molecular flexibility index (Phi) is 2.40. The molecule has 0 atom stereocenters. The fraction of sp³-hybridized carbons (Fsp3) is 0.143. The summed E-state index contributed by atoms with van der Waals surface area (Å²) in [6.07, 6.45) is 0. The molecule has 1 aromatic carbocycles. The first-order valence-electron chi connectivity index (χ1n) is 3.43. The highest BCUT2D eigenvalue weighted by Gasteiger charge is 2.16. The van der Waals surface area contributed by atoms with E-state index in [1.807, 2.05) is 0 Å². The molecule has 0 saturated heterocycles. The molecule has 0 saturated carbocycles. The molecule has 0 aliphatic heterocycles. The number of rotatable bonds is 1. The van der Waals surface area contributed by atoms with Crippen molar-refractivity contribution < 1.29 is 8.42 Å². The van der Waals surface area contributed by atoms with Crippen LogP contribution < -0.4 is 11.5 Å². The number of hydrogen-bond acceptors (Lipinski definition) is 4. The fourth-order valence-corrected chi connectivity index (χ4v) is 1.94. The fourth-order valence-electron chi connectivity index (χ4n) is 0.938. The zero-order valence-corrected chi connectivity index (χ0v) is 8.48. The maximum absolute atomic E-state index is 10.9. The standard InChI is InChI=1S/C7H9ClN2O2S/c1-4-2-3-5(13(8,11)12)7(10)6(4)9/h2-3H,9-10H2,1H3. The molecule has 1 aromatic rings. The molecule has 0 unspecified atom stereocenters. The second-order valence-electron chi connectivity index (χ2n) is 2.65. The largest absolute Gasteiger partial charge is 0.397 e. The third-order valence-electron chi connectivity index (χ3n) is 1.73. The Bertz CT molecular complexity index is 442. The van der Waals surface area contributed by atoms with Gasteiger partial charge in [-0.05, 0) is 18.6 Å². The maximum atomic E-state index is 10.9. The topological polar surface area (TPSA) is 86.2 Å². The van der Waals surface area contributed by atoms with Crippen molar-refractivity contribution in [3.63, 3.8) is 0 Å². The minimum Gasteiger partial charge on any atom is -0.397 e. The van der Waals surface area contributed by atoms with E-state index in [4.69, 9.17) is 22.1 Å². The summed E-state index contributed by atoms with van der Waals surface area (Å²) in [6, 6.07) is 2.89. The Hall–Kier alpha value is -0.940. The van der Waals surface area contributed by atoms with Gasteiger partial charge in [0.15, 0.2) is 0 Å². The zero-order valence-electron chi connectivity index (χ0n) is 6.91. The van der Waals surface area contributed by atoms with Crippen molar-refractivity contribution in [2.45, 2.75) is 11.8 Å². The summed E-state index contributed by atoms with van der Waals surface area (Å²) in [5, 5.41) is 0. The van der Waals surface area contributed by atoms with E-state index in [0.717, 1.165) is 5.56 Å². The summed E-state index contributed by atoms with van der Waals surface area (Å²) in [5.41, 5.74) is 12.0. The number of benzene rings is 1. The molecular weight excluding hydrogens is 212 g/mol. The first-order chi connectivity index (χ1) is 5.84. The highest BCUT2D eigenvalue weighted by Crippen LogP contribution is 2.29. The van der Waals surface area contributed by atoms with Gasteiger partial charge in [-0.2, -0.15) is 0 Å². The van der Waals surface area contributed by atoms with Crippen molar-refractivity contribution in [3.8, 4) is 0 Å². The maximum Gasteiger partial charge on any atom is 0.263 e. The van der Waals surface area contributed by atoms with Gasteiger partial charge in [0.2, 0.25) is 0 Å². The van der Waals surface area contributed by atoms with E-state index in [1.54, 1.807) is 13.0 Å². The lowest BCUT2D eigenvalue weighted by Gasteiger charge is -2.07. The molecule has 6 heteroatoms. The number of aryl methyl sites for hydroxylation is 1. The smallest absolute Gasteiger partial charge is 0.263 e. The third kappa shape index (κ3) is 1.87. The molecule has 0 radical (unpaired) electrons. The van der Waals surface area contributed by atoms with Crippen LogP contribution in [0.1, 0.15) is 5.56 Å². The third-order valence-corrected chi connectivity index (χ3v) is 3.11. The van der Waals surface area contributed by atoms with Crippen LogP contribution in [0.4, 0.5) is 11.4 Å². The van der Waals surface area contributed by atoms with Crippen LogP contribution in [-0.2, 0) is 9.05 Å². The Labute approximate surface area is 80.9 Å². The van der Waals surface area contributed by atoms with Gasteiger partial charge in [0.1, 0.15) is 4.90 Å². The first kappa shape index (κ1) is 10.1. The van der Waals surface area contributed by atoms with Crippen molar-refractivity contribution in [1.82, 2.24) is 0 Å². The number of nitrogen functional groups attached to an aromatic ring is 2. The quantitative estimate of drug-likeness (QED) is 0.548. The molecular formula is C7H9ClN2O2S. The average molecular weight is 221 g/mol. The van der Waals surface area contributed by atoms with E-state index < -0.39 is 9.05 Å². The number of nitrogens with two attached hydrogens (primary N) is 2. The van der Waals surface area contributed by atoms with Gasteiger partial charge in [0.05, 0.1) is 11.4 Å². The van der Waals surface area contributed by atoms with Crippen LogP contribution >= 0.6 is 10.7 Å². The summed E-state index contributed by atoms with van der Waals surface area (Å²) in [6.45, 7) is 1.73. The second kappa shape index (κ2) is 3.08. The van der Waals surface area contributed by atoms with Gasteiger partial charge in [-0.25, -0.2) is 8.42 Å². The van der Waals surface area contributed by atoms with Crippen LogP contribution in [0.25, 0.3) is 0 Å². The number of hydrogen-bond donors (Lipinski definition) is 2. The van der Waals surface area contributed by atoms with Crippen LogP contribution in [0.5, 0.6) is 0 Å². The van der Waals surface area contributed by atoms with Crippen LogP contribution in [0, 0.1) is 6.92 Å². The normalized spacial score (nSPS) is 11.5. The number of anilines is 2. The molecule has 0 amide bonds. The lowest BCUT2D eigenvalue weighted by Crippen LogP contribution is -2.03. The zero-order chi connectivity index (χ0) is 10.2. The molecule has 0 spiro atoms. The lowest BCUT2D eigenvalue weighted by atomic mass is 10.2. The van der Waals surface area contributed by atoms with Crippen LogP contribution in [-0.4, -0.2) is 8.42 Å². The molecule has 4 N–H and O–H groups in total. The summed E-state index contributed by atoms with van der Waals surface area (Å²) in [4.78, 5) is -0.141. The molecule has 0 fully saturated rings. The summed E-state index contributed by atoms with van der Waals surface area (Å²) >= 11 is 0. The van der Waals surface area contributed by atoms with Gasteiger partial charge in [-0.3, -0.25) is 0 Å². The molecule has 72 valence electrons. The molecule has 13 heavy (non-hydrogen) atoms. The molecule has 0 aliphatic carbocycles. The van der Waals surface area contributed by atoms with Crippen molar-refractivity contribution in [1.29, 1.82) is 0 Å². The number of halogens is 1. The van der Waals surface area contributed by atoms with Gasteiger partial charge in [-0.1, -0.05) is 6.07 Å². The minimum absolute atomic E-state index is 0.00926. The van der Waals surface area contributed by atoms with Crippen molar-refractivity contribution in [2.75, 3.05) is 11.5 Å². The highest BCUT2D eigenvalue weighted by molar-refractivity contribution is 8.13. The first-order valence-corrected chi connectivity index (χ1v) is 5.74. The lowest BCUT2D eigenvalue weighted by molar-refractivity contribution is 0.610. The van der Waals surface area contributed by atoms with Crippen LogP contribution in [0.15, 0.2) is 17.0 Å². The van der Waals surface area contributed by atoms with Crippen molar-refractivity contribution in [2.24, 2.45) is 0 Å². The Balaban J connectivity index is 3.53. The molecule has 0 bridgehead atoms. The van der Waals surface area contributed by atoms with E-state index in [-0.39, 0.29) is 16.3 Å². The van der Waals surface area contributed by atoms with E-state index in [1.165, 1.54) is 6.07 Å². The van der Waals surface area contributed by atoms with Gasteiger partial charge >= 0.3 is 0 Å². The van der Waals surface area contributed by atoms with Gasteiger partial charge in [-0.15, -0.1) is 0 Å². The second-order valence-corrected chi connectivity index (χ2v) is 5.18. The Morgan fingerprint density at radius 2 is 1.77 bits per heavy atom. The monoisotopic (exact) mass is 220 g/mol. The average Bonchev–Trinajstić information content (AvgIpc) is 1.98. The van der Waals surface area contributed by atoms with Gasteiger partial charge in [0, 0.05) is 10.7 Å². The minimum atomic E-state index is -3.81. The van der Waals surface area contributed by atoms with Crippen LogP contribution in [0.2, 0.25) is 0 Å². The van der Waals surface area contributed by atoms with E-state index >= 15 is 0 Å². The predicted octanol–water partition coefficient (Wildman–Crippen LogP) is 1.09. The molecule has 0 aliphatic rings. The van der Waals surface area contributed by atoms with E-state index in [2.05, 4.69) is 0 Å². The molecule has 1 rings (SSSR count). The van der Waals surface area contributed by atoms with Gasteiger partial charge < -0.3 is 11.5 Å². The summed E-state index contributed by atoms with van der Waals surface area (Å²) < 4.78 is 21.9. The van der Waals surface area contributed by atoms with Crippen molar-refractivity contribution >= 4 is 31.1 Å². The Morgan fingerprint density at radius 1 is 1.23 bits per heavy atom. The predicted molar refractivity (Wildman–Crippen MR) is 53.0 cm³/mol. The van der Waals surface area contributed by atoms with E-state index in [9.17, 15) is 8.42 Å². The molecule has 4 nitrogen and oxygen atoms in total. The Morgan fingerprint density at radius 3 is 2.23 bits per heavy atom. The SMILES string of the molecule is Cc1ccc(S(=O)(=O)Cl)c(N)c1N. The molecule has 0 aromatic heterocycles. The highest BCUT2D eigenvalue weighted by atomic mass is 35.7. The molecule has 0 heterocycles. The van der Waals surface area contributed by atoms with E-state index in [0.29, 0.717) is 0 Å². The summed E-state index contributed by atoms with van der Waals surface area (Å²) in [5.74, 6) is 0. The summed E-state index contributed by atoms with van der Waals surface area (Å²) in [7, 11) is 1.32. The van der Waals surface area contributed by atoms with Gasteiger partial charge in [0.25, 0.3) is 9.05 Å². The van der Waals surface area contributed by atoms with Crippen molar-refractivity contribution in [3.05, 3.63) is 17.7 Å². The van der Waals surface area contributed by atoms with Crippen LogP contribution in [0.3, 0.4) is 0 Å².